The van der Waals surface area contributed by atoms with Gasteiger partial charge in [0.05, 0.1) is 12.1 Å². The third kappa shape index (κ3) is 4.96. The number of benzene rings is 2. The lowest BCUT2D eigenvalue weighted by atomic mass is 10.1. The van der Waals surface area contributed by atoms with Crippen molar-refractivity contribution in [1.29, 1.82) is 0 Å². The van der Waals surface area contributed by atoms with Gasteiger partial charge in [-0.25, -0.2) is 4.98 Å². The maximum absolute atomic E-state index is 12.4. The van der Waals surface area contributed by atoms with Crippen LogP contribution >= 0.6 is 23.1 Å². The van der Waals surface area contributed by atoms with Gasteiger partial charge in [0.15, 0.2) is 0 Å². The van der Waals surface area contributed by atoms with Crippen LogP contribution in [0.5, 0.6) is 0 Å². The van der Waals surface area contributed by atoms with Crippen LogP contribution in [0.3, 0.4) is 0 Å². The standard InChI is InChI=1S/C21H22N2OS2/c1-14-7-9-17(10-8-14)12-25-21-22-18(13-26-21)11-19(24)23-20-15(2)5-4-6-16(20)3/h4-10,13H,11-12H2,1-3H3,(H,23,24). The van der Waals surface area contributed by atoms with Gasteiger partial charge in [-0.15, -0.1) is 11.3 Å². The molecule has 1 N–H and O–H groups in total. The van der Waals surface area contributed by atoms with Crippen molar-refractivity contribution in [2.75, 3.05) is 5.32 Å². The van der Waals surface area contributed by atoms with E-state index in [1.807, 2.05) is 37.4 Å². The molecule has 0 aliphatic heterocycles. The van der Waals surface area contributed by atoms with Gasteiger partial charge in [-0.05, 0) is 37.5 Å². The minimum Gasteiger partial charge on any atom is -0.325 e. The first kappa shape index (κ1) is 18.7. The summed E-state index contributed by atoms with van der Waals surface area (Å²) in [7, 11) is 0. The number of nitrogens with zero attached hydrogens (tertiary/aromatic N) is 1. The number of nitrogens with one attached hydrogen (secondary N) is 1. The van der Waals surface area contributed by atoms with Crippen LogP contribution in [0.2, 0.25) is 0 Å². The van der Waals surface area contributed by atoms with Gasteiger partial charge < -0.3 is 5.32 Å². The molecular formula is C21H22N2OS2. The molecule has 1 amide bonds. The van der Waals surface area contributed by atoms with Gasteiger partial charge in [-0.1, -0.05) is 59.8 Å². The zero-order chi connectivity index (χ0) is 18.5. The summed E-state index contributed by atoms with van der Waals surface area (Å²) in [4.78, 5) is 16.9. The largest absolute Gasteiger partial charge is 0.325 e. The van der Waals surface area contributed by atoms with Crippen molar-refractivity contribution < 1.29 is 4.79 Å². The van der Waals surface area contributed by atoms with Crippen LogP contribution in [-0.2, 0) is 17.0 Å². The molecule has 3 aromatic rings. The zero-order valence-electron chi connectivity index (χ0n) is 15.2. The van der Waals surface area contributed by atoms with E-state index >= 15 is 0 Å². The van der Waals surface area contributed by atoms with E-state index in [1.54, 1.807) is 23.1 Å². The molecule has 0 aliphatic rings. The number of aromatic nitrogens is 1. The number of amides is 1. The summed E-state index contributed by atoms with van der Waals surface area (Å²) >= 11 is 3.31. The highest BCUT2D eigenvalue weighted by atomic mass is 32.2. The molecule has 0 fully saturated rings. The molecule has 3 rings (SSSR count). The summed E-state index contributed by atoms with van der Waals surface area (Å²) in [5, 5.41) is 4.99. The van der Waals surface area contributed by atoms with Crippen LogP contribution < -0.4 is 5.32 Å². The summed E-state index contributed by atoms with van der Waals surface area (Å²) in [6, 6.07) is 14.6. The summed E-state index contributed by atoms with van der Waals surface area (Å²) in [6.07, 6.45) is 0.301. The number of thiazole rings is 1. The van der Waals surface area contributed by atoms with Gasteiger partial charge in [0.25, 0.3) is 0 Å². The summed E-state index contributed by atoms with van der Waals surface area (Å²) < 4.78 is 1.00. The van der Waals surface area contributed by atoms with Crippen molar-refractivity contribution >= 4 is 34.7 Å². The van der Waals surface area contributed by atoms with E-state index in [0.29, 0.717) is 6.42 Å². The van der Waals surface area contributed by atoms with Gasteiger partial charge in [0.1, 0.15) is 4.34 Å². The molecule has 0 radical (unpaired) electrons. The number of carbonyl (C=O) groups excluding carboxylic acids is 1. The fraction of sp³-hybridized carbons (Fsp3) is 0.238. The number of aryl methyl sites for hydroxylation is 3. The Morgan fingerprint density at radius 2 is 1.77 bits per heavy atom. The number of hydrogen-bond acceptors (Lipinski definition) is 4. The second-order valence-corrected chi connectivity index (χ2v) is 8.45. The lowest BCUT2D eigenvalue weighted by molar-refractivity contribution is -0.115. The molecule has 5 heteroatoms. The second kappa shape index (κ2) is 8.52. The quantitative estimate of drug-likeness (QED) is 0.569. The molecular weight excluding hydrogens is 360 g/mol. The SMILES string of the molecule is Cc1ccc(CSc2nc(CC(=O)Nc3c(C)cccc3C)cs2)cc1. The number of hydrogen-bond donors (Lipinski definition) is 1. The summed E-state index contributed by atoms with van der Waals surface area (Å²) in [5.41, 5.74) is 6.43. The molecule has 0 bridgehead atoms. The van der Waals surface area contributed by atoms with Gasteiger partial charge >= 0.3 is 0 Å². The topological polar surface area (TPSA) is 42.0 Å². The van der Waals surface area contributed by atoms with E-state index in [2.05, 4.69) is 41.5 Å². The highest BCUT2D eigenvalue weighted by molar-refractivity contribution is 8.00. The van der Waals surface area contributed by atoms with Crippen molar-refractivity contribution in [1.82, 2.24) is 4.98 Å². The summed E-state index contributed by atoms with van der Waals surface area (Å²) in [5.74, 6) is 0.866. The predicted octanol–water partition coefficient (Wildman–Crippen LogP) is 5.54. The second-order valence-electron chi connectivity index (χ2n) is 6.37. The molecule has 0 atom stereocenters. The van der Waals surface area contributed by atoms with E-state index in [1.165, 1.54) is 11.1 Å². The van der Waals surface area contributed by atoms with Crippen molar-refractivity contribution in [3.8, 4) is 0 Å². The minimum absolute atomic E-state index is 0.0252. The first-order chi connectivity index (χ1) is 12.5. The predicted molar refractivity (Wildman–Crippen MR) is 111 cm³/mol. The fourth-order valence-electron chi connectivity index (χ4n) is 2.62. The Labute approximate surface area is 162 Å². The average Bonchev–Trinajstić information content (AvgIpc) is 3.05. The molecule has 0 spiro atoms. The van der Waals surface area contributed by atoms with E-state index in [4.69, 9.17) is 0 Å². The van der Waals surface area contributed by atoms with Gasteiger partial charge in [-0.2, -0.15) is 0 Å². The maximum Gasteiger partial charge on any atom is 0.230 e. The van der Waals surface area contributed by atoms with Crippen molar-refractivity contribution in [2.45, 2.75) is 37.3 Å². The molecule has 26 heavy (non-hydrogen) atoms. The number of para-hydroxylation sites is 1. The molecule has 1 aromatic heterocycles. The molecule has 0 saturated carbocycles. The first-order valence-corrected chi connectivity index (χ1v) is 10.4. The minimum atomic E-state index is -0.0252. The highest BCUT2D eigenvalue weighted by Gasteiger charge is 2.11. The molecule has 134 valence electrons. The van der Waals surface area contributed by atoms with Crippen LogP contribution in [0.4, 0.5) is 5.69 Å². The van der Waals surface area contributed by atoms with E-state index in [-0.39, 0.29) is 5.91 Å². The summed E-state index contributed by atoms with van der Waals surface area (Å²) in [6.45, 7) is 6.10. The van der Waals surface area contributed by atoms with Gasteiger partial charge in [0.2, 0.25) is 5.91 Å². The molecule has 0 saturated heterocycles. The van der Waals surface area contributed by atoms with Gasteiger partial charge in [0, 0.05) is 16.8 Å². The number of carbonyl (C=O) groups is 1. The maximum atomic E-state index is 12.4. The van der Waals surface area contributed by atoms with Crippen LogP contribution in [0.15, 0.2) is 52.2 Å². The molecule has 1 heterocycles. The lowest BCUT2D eigenvalue weighted by Gasteiger charge is -2.10. The van der Waals surface area contributed by atoms with Crippen molar-refractivity contribution in [3.63, 3.8) is 0 Å². The highest BCUT2D eigenvalue weighted by Crippen LogP contribution is 2.27. The van der Waals surface area contributed by atoms with Crippen LogP contribution in [0, 0.1) is 20.8 Å². The Morgan fingerprint density at radius 1 is 1.08 bits per heavy atom. The third-order valence-corrected chi connectivity index (χ3v) is 6.24. The van der Waals surface area contributed by atoms with E-state index in [0.717, 1.165) is 32.6 Å². The molecule has 0 unspecified atom stereocenters. The Hall–Kier alpha value is -2.11. The van der Waals surface area contributed by atoms with Crippen LogP contribution in [-0.4, -0.2) is 10.9 Å². The molecule has 3 nitrogen and oxygen atoms in total. The van der Waals surface area contributed by atoms with Crippen LogP contribution in [0.1, 0.15) is 27.9 Å². The fourth-order valence-corrected chi connectivity index (χ4v) is 4.43. The third-order valence-electron chi connectivity index (χ3n) is 4.10. The number of anilines is 1. The Balaban J connectivity index is 1.56. The van der Waals surface area contributed by atoms with Crippen LogP contribution in [0.25, 0.3) is 0 Å². The Bertz CT molecular complexity index is 880. The van der Waals surface area contributed by atoms with E-state index < -0.39 is 0 Å². The van der Waals surface area contributed by atoms with Crippen molar-refractivity contribution in [2.24, 2.45) is 0 Å². The monoisotopic (exact) mass is 382 g/mol. The van der Waals surface area contributed by atoms with Gasteiger partial charge in [-0.3, -0.25) is 4.79 Å². The number of rotatable bonds is 6. The Morgan fingerprint density at radius 3 is 2.46 bits per heavy atom. The van der Waals surface area contributed by atoms with Crippen molar-refractivity contribution in [3.05, 3.63) is 75.8 Å². The molecule has 0 aliphatic carbocycles. The van der Waals surface area contributed by atoms with E-state index in [9.17, 15) is 4.79 Å². The average molecular weight is 383 g/mol. The zero-order valence-corrected chi connectivity index (χ0v) is 16.8. The lowest BCUT2D eigenvalue weighted by Crippen LogP contribution is -2.16. The first-order valence-electron chi connectivity index (χ1n) is 8.50. The molecule has 2 aromatic carbocycles. The normalized spacial score (nSPS) is 10.7. The Kier molecular flexibility index (Phi) is 6.12. The smallest absolute Gasteiger partial charge is 0.230 e. The number of thioether (sulfide) groups is 1.